The van der Waals surface area contributed by atoms with Crippen molar-refractivity contribution >= 4 is 12.1 Å². The van der Waals surface area contributed by atoms with Crippen LogP contribution in [0.2, 0.25) is 0 Å². The molecule has 2 rings (SSSR count). The van der Waals surface area contributed by atoms with Crippen LogP contribution in [0.4, 0.5) is 4.79 Å². The molecule has 2 heterocycles. The van der Waals surface area contributed by atoms with Gasteiger partial charge in [-0.3, -0.25) is 4.90 Å². The van der Waals surface area contributed by atoms with Gasteiger partial charge in [0.25, 0.3) is 0 Å². The molecular weight excluding hydrogens is 266 g/mol. The van der Waals surface area contributed by atoms with Crippen LogP contribution >= 0.6 is 0 Å². The van der Waals surface area contributed by atoms with E-state index in [1.54, 1.807) is 20.8 Å². The van der Waals surface area contributed by atoms with Gasteiger partial charge >= 0.3 is 12.1 Å². The minimum Gasteiger partial charge on any atom is -0.480 e. The molecule has 114 valence electrons. The molecule has 0 saturated carbocycles. The van der Waals surface area contributed by atoms with E-state index < -0.39 is 29.5 Å². The first-order valence-corrected chi connectivity index (χ1v) is 6.73. The molecule has 1 atom stereocenters. The predicted octanol–water partition coefficient (Wildman–Crippen LogP) is 1.21. The van der Waals surface area contributed by atoms with Gasteiger partial charge < -0.3 is 19.3 Å². The topological polar surface area (TPSA) is 85.3 Å². The Labute approximate surface area is 117 Å². The summed E-state index contributed by atoms with van der Waals surface area (Å²) in [5, 5.41) is 9.34. The lowest BCUT2D eigenvalue weighted by molar-refractivity contribution is -0.200. The Kier molecular flexibility index (Phi) is 3.93. The molecule has 0 aromatic heterocycles. The van der Waals surface area contributed by atoms with Crippen molar-refractivity contribution in [3.63, 3.8) is 0 Å². The van der Waals surface area contributed by atoms with Crippen molar-refractivity contribution in [2.24, 2.45) is 0 Å². The number of amides is 1. The average molecular weight is 287 g/mol. The van der Waals surface area contributed by atoms with E-state index in [2.05, 4.69) is 0 Å². The predicted molar refractivity (Wildman–Crippen MR) is 68.2 cm³/mol. The molecule has 2 aliphatic heterocycles. The van der Waals surface area contributed by atoms with Crippen LogP contribution in [0, 0.1) is 0 Å². The number of ether oxygens (including phenoxy) is 3. The number of carbonyl (C=O) groups is 2. The van der Waals surface area contributed by atoms with Gasteiger partial charge in [-0.25, -0.2) is 9.59 Å². The summed E-state index contributed by atoms with van der Waals surface area (Å²) in [7, 11) is 0. The second-order valence-electron chi connectivity index (χ2n) is 6.09. The summed E-state index contributed by atoms with van der Waals surface area (Å²) in [6, 6.07) is -0.989. The zero-order valence-electron chi connectivity index (χ0n) is 12.0. The van der Waals surface area contributed by atoms with Gasteiger partial charge in [0, 0.05) is 19.4 Å². The number of hydrogen-bond acceptors (Lipinski definition) is 5. The fraction of sp³-hybridized carbons (Fsp3) is 0.846. The molecule has 7 heteroatoms. The molecule has 1 N–H and O–H groups in total. The summed E-state index contributed by atoms with van der Waals surface area (Å²) in [6.07, 6.45) is -0.0322. The summed E-state index contributed by atoms with van der Waals surface area (Å²) in [5.41, 5.74) is -0.657. The van der Waals surface area contributed by atoms with Crippen LogP contribution in [0.1, 0.15) is 33.6 Å². The van der Waals surface area contributed by atoms with Crippen molar-refractivity contribution in [1.29, 1.82) is 0 Å². The van der Waals surface area contributed by atoms with Crippen LogP contribution < -0.4 is 0 Å². The highest BCUT2D eigenvalue weighted by Gasteiger charge is 2.49. The summed E-state index contributed by atoms with van der Waals surface area (Å²) in [6.45, 7) is 6.39. The number of carboxylic acids is 1. The van der Waals surface area contributed by atoms with Gasteiger partial charge in [0.15, 0.2) is 5.79 Å². The summed E-state index contributed by atoms with van der Waals surface area (Å²) in [5.74, 6) is -1.93. The molecule has 2 saturated heterocycles. The smallest absolute Gasteiger partial charge is 0.411 e. The number of aliphatic carboxylic acids is 1. The highest BCUT2D eigenvalue weighted by atomic mass is 16.7. The molecule has 1 amide bonds. The highest BCUT2D eigenvalue weighted by molar-refractivity contribution is 5.80. The Bertz CT molecular complexity index is 396. The summed E-state index contributed by atoms with van der Waals surface area (Å²) in [4.78, 5) is 24.7. The lowest BCUT2D eigenvalue weighted by atomic mass is 9.96. The third kappa shape index (κ3) is 3.21. The maximum Gasteiger partial charge on any atom is 0.411 e. The van der Waals surface area contributed by atoms with Gasteiger partial charge in [0.05, 0.1) is 13.2 Å². The van der Waals surface area contributed by atoms with E-state index in [9.17, 15) is 14.7 Å². The van der Waals surface area contributed by atoms with E-state index >= 15 is 0 Å². The molecule has 20 heavy (non-hydrogen) atoms. The minimum absolute atomic E-state index is 0.127. The second-order valence-corrected chi connectivity index (χ2v) is 6.09. The zero-order chi connectivity index (χ0) is 15.0. The van der Waals surface area contributed by atoms with Gasteiger partial charge in [-0.1, -0.05) is 0 Å². The van der Waals surface area contributed by atoms with E-state index in [0.29, 0.717) is 19.6 Å². The van der Waals surface area contributed by atoms with Crippen molar-refractivity contribution in [1.82, 2.24) is 4.90 Å². The summed E-state index contributed by atoms with van der Waals surface area (Å²) < 4.78 is 16.3. The number of nitrogens with zero attached hydrogens (tertiary/aromatic N) is 1. The highest BCUT2D eigenvalue weighted by Crippen LogP contribution is 2.35. The van der Waals surface area contributed by atoms with E-state index in [4.69, 9.17) is 14.2 Å². The van der Waals surface area contributed by atoms with Crippen LogP contribution in [-0.4, -0.2) is 59.3 Å². The largest absolute Gasteiger partial charge is 0.480 e. The first kappa shape index (κ1) is 15.1. The quantitative estimate of drug-likeness (QED) is 0.780. The Morgan fingerprint density at radius 2 is 1.90 bits per heavy atom. The number of carboxylic acid groups (broad SMARTS) is 1. The molecule has 2 fully saturated rings. The number of piperidine rings is 1. The maximum atomic E-state index is 12.1. The average Bonchev–Trinajstić information content (AvgIpc) is 2.75. The zero-order valence-corrected chi connectivity index (χ0v) is 12.0. The van der Waals surface area contributed by atoms with E-state index in [1.807, 2.05) is 0 Å². The molecule has 0 aromatic carbocycles. The first-order valence-electron chi connectivity index (χ1n) is 6.73. The molecular formula is C13H21NO6. The van der Waals surface area contributed by atoms with Crippen molar-refractivity contribution in [3.8, 4) is 0 Å². The Hall–Kier alpha value is -1.34. The Balaban J connectivity index is 2.10. The summed E-state index contributed by atoms with van der Waals surface area (Å²) >= 11 is 0. The number of hydrogen-bond donors (Lipinski definition) is 1. The van der Waals surface area contributed by atoms with Crippen LogP contribution in [0.3, 0.4) is 0 Å². The van der Waals surface area contributed by atoms with Crippen molar-refractivity contribution < 1.29 is 28.9 Å². The van der Waals surface area contributed by atoms with Crippen LogP contribution in [0.25, 0.3) is 0 Å². The second kappa shape index (κ2) is 5.21. The Morgan fingerprint density at radius 1 is 1.30 bits per heavy atom. The monoisotopic (exact) mass is 287 g/mol. The van der Waals surface area contributed by atoms with Crippen LogP contribution in [-0.2, 0) is 19.0 Å². The third-order valence-electron chi connectivity index (χ3n) is 3.34. The van der Waals surface area contributed by atoms with E-state index in [0.717, 1.165) is 0 Å². The van der Waals surface area contributed by atoms with Crippen molar-refractivity contribution in [2.75, 3.05) is 19.8 Å². The standard InChI is InChI=1S/C13H21NO6/c1-12(2,3)20-11(17)14-5-4-13(18-6-7-19-13)8-9(14)10(15)16/h9H,4-8H2,1-3H3,(H,15,16)/t9-/m0/s1. The SMILES string of the molecule is CC(C)(C)OC(=O)N1CCC2(C[C@H]1C(=O)O)OCCO2. The third-order valence-corrected chi connectivity index (χ3v) is 3.34. The fourth-order valence-corrected chi connectivity index (χ4v) is 2.47. The molecule has 0 aromatic rings. The minimum atomic E-state index is -1.07. The van der Waals surface area contributed by atoms with E-state index in [1.165, 1.54) is 4.90 Å². The normalized spacial score (nSPS) is 25.8. The lowest BCUT2D eigenvalue weighted by Crippen LogP contribution is -2.56. The van der Waals surface area contributed by atoms with Gasteiger partial charge in [-0.2, -0.15) is 0 Å². The van der Waals surface area contributed by atoms with Crippen LogP contribution in [0.5, 0.6) is 0 Å². The Morgan fingerprint density at radius 3 is 2.40 bits per heavy atom. The maximum absolute atomic E-state index is 12.1. The molecule has 0 unspecified atom stereocenters. The van der Waals surface area contributed by atoms with Crippen LogP contribution in [0.15, 0.2) is 0 Å². The van der Waals surface area contributed by atoms with Gasteiger partial charge in [-0.05, 0) is 20.8 Å². The number of rotatable bonds is 1. The van der Waals surface area contributed by atoms with Gasteiger partial charge in [-0.15, -0.1) is 0 Å². The van der Waals surface area contributed by atoms with Gasteiger partial charge in [0.1, 0.15) is 11.6 Å². The first-order chi connectivity index (χ1) is 9.22. The lowest BCUT2D eigenvalue weighted by Gasteiger charge is -2.41. The molecule has 0 aliphatic carbocycles. The number of carbonyl (C=O) groups excluding carboxylic acids is 1. The van der Waals surface area contributed by atoms with Gasteiger partial charge in [0.2, 0.25) is 0 Å². The van der Waals surface area contributed by atoms with Crippen molar-refractivity contribution in [2.45, 2.75) is 51.0 Å². The molecule has 0 bridgehead atoms. The number of likely N-dealkylation sites (tertiary alicyclic amines) is 1. The van der Waals surface area contributed by atoms with E-state index in [-0.39, 0.29) is 13.0 Å². The molecule has 7 nitrogen and oxygen atoms in total. The molecule has 0 radical (unpaired) electrons. The molecule has 2 aliphatic rings. The fourth-order valence-electron chi connectivity index (χ4n) is 2.47. The molecule has 1 spiro atoms. The van der Waals surface area contributed by atoms with Crippen molar-refractivity contribution in [3.05, 3.63) is 0 Å².